The van der Waals surface area contributed by atoms with Crippen LogP contribution < -0.4 is 4.90 Å². The maximum atomic E-state index is 12.1. The summed E-state index contributed by atoms with van der Waals surface area (Å²) >= 11 is 0. The summed E-state index contributed by atoms with van der Waals surface area (Å²) in [6.07, 6.45) is 6.33. The zero-order valence-electron chi connectivity index (χ0n) is 13.0. The maximum absolute atomic E-state index is 12.1. The van der Waals surface area contributed by atoms with E-state index in [0.717, 1.165) is 31.5 Å². The number of piperazine rings is 1. The molecule has 2 fully saturated rings. The average Bonchev–Trinajstić information content (AvgIpc) is 2.39. The fourth-order valence-electron chi connectivity index (χ4n) is 3.60. The average molecular weight is 267 g/mol. The van der Waals surface area contributed by atoms with Gasteiger partial charge in [-0.3, -0.25) is 4.79 Å². The maximum Gasteiger partial charge on any atom is 0.223 e. The normalized spacial score (nSPS) is 29.8. The lowest BCUT2D eigenvalue weighted by atomic mass is 9.86. The predicted octanol–water partition coefficient (Wildman–Crippen LogP) is 1.34. The molecule has 1 saturated carbocycles. The number of hydrogen-bond acceptors (Lipinski definition) is 1. The van der Waals surface area contributed by atoms with Crippen molar-refractivity contribution < 1.29 is 9.69 Å². The Kier molecular flexibility index (Phi) is 5.26. The molecule has 1 saturated heterocycles. The zero-order chi connectivity index (χ0) is 13.8. The molecule has 3 nitrogen and oxygen atoms in total. The van der Waals surface area contributed by atoms with E-state index in [1.807, 2.05) is 0 Å². The lowest BCUT2D eigenvalue weighted by Crippen LogP contribution is -3.18. The van der Waals surface area contributed by atoms with Gasteiger partial charge in [-0.1, -0.05) is 20.8 Å². The Morgan fingerprint density at radius 3 is 2.26 bits per heavy atom. The summed E-state index contributed by atoms with van der Waals surface area (Å²) in [7, 11) is 0. The highest BCUT2D eigenvalue weighted by molar-refractivity contribution is 5.76. The minimum Gasteiger partial charge on any atom is -0.331 e. The van der Waals surface area contributed by atoms with Gasteiger partial charge in [0.05, 0.1) is 32.2 Å². The standard InChI is InChI=1S/C16H30N2O/c1-13(2)12-16(19)18-10-8-17(9-11-18)15-6-4-14(3)5-7-15/h13-15H,4-12H2,1-3H3/p+1. The largest absolute Gasteiger partial charge is 0.331 e. The van der Waals surface area contributed by atoms with E-state index < -0.39 is 0 Å². The van der Waals surface area contributed by atoms with Crippen molar-refractivity contribution in [2.75, 3.05) is 26.2 Å². The van der Waals surface area contributed by atoms with Crippen LogP contribution in [0.5, 0.6) is 0 Å². The van der Waals surface area contributed by atoms with E-state index in [1.165, 1.54) is 38.8 Å². The number of nitrogens with one attached hydrogen (secondary N) is 1. The summed E-state index contributed by atoms with van der Waals surface area (Å²) in [4.78, 5) is 15.9. The van der Waals surface area contributed by atoms with Gasteiger partial charge in [0.25, 0.3) is 0 Å². The van der Waals surface area contributed by atoms with E-state index in [4.69, 9.17) is 0 Å². The third-order valence-electron chi connectivity index (χ3n) is 4.93. The van der Waals surface area contributed by atoms with Gasteiger partial charge < -0.3 is 9.80 Å². The SMILES string of the molecule is CC(C)CC(=O)N1CC[NH+](C2CCC(C)CC2)CC1. The Morgan fingerprint density at radius 1 is 1.16 bits per heavy atom. The van der Waals surface area contributed by atoms with Gasteiger partial charge in [0.15, 0.2) is 0 Å². The number of nitrogens with zero attached hydrogens (tertiary/aromatic N) is 1. The molecule has 0 aromatic rings. The number of rotatable bonds is 3. The van der Waals surface area contributed by atoms with E-state index in [0.29, 0.717) is 11.8 Å². The van der Waals surface area contributed by atoms with E-state index in [2.05, 4.69) is 25.7 Å². The first kappa shape index (κ1) is 14.8. The Bertz CT molecular complexity index is 287. The van der Waals surface area contributed by atoms with Crippen LogP contribution in [0, 0.1) is 11.8 Å². The highest BCUT2D eigenvalue weighted by Gasteiger charge is 2.31. The van der Waals surface area contributed by atoms with Crippen LogP contribution in [0.2, 0.25) is 0 Å². The first-order valence-electron chi connectivity index (χ1n) is 8.18. The first-order valence-corrected chi connectivity index (χ1v) is 8.18. The van der Waals surface area contributed by atoms with Gasteiger partial charge in [0.1, 0.15) is 0 Å². The minimum atomic E-state index is 0.367. The van der Waals surface area contributed by atoms with Crippen LogP contribution >= 0.6 is 0 Å². The Morgan fingerprint density at radius 2 is 1.74 bits per heavy atom. The van der Waals surface area contributed by atoms with Crippen LogP contribution in [-0.4, -0.2) is 43.0 Å². The van der Waals surface area contributed by atoms with Gasteiger partial charge in [-0.15, -0.1) is 0 Å². The fourth-order valence-corrected chi connectivity index (χ4v) is 3.60. The van der Waals surface area contributed by atoms with Crippen molar-refractivity contribution in [3.05, 3.63) is 0 Å². The lowest BCUT2D eigenvalue weighted by molar-refractivity contribution is -0.930. The molecule has 1 amide bonds. The zero-order valence-corrected chi connectivity index (χ0v) is 13.0. The van der Waals surface area contributed by atoms with Crippen molar-refractivity contribution in [3.8, 4) is 0 Å². The molecule has 0 aromatic carbocycles. The van der Waals surface area contributed by atoms with Crippen LogP contribution in [-0.2, 0) is 4.79 Å². The first-order chi connectivity index (χ1) is 9.06. The summed E-state index contributed by atoms with van der Waals surface area (Å²) in [5.41, 5.74) is 0. The van der Waals surface area contributed by atoms with Crippen molar-refractivity contribution in [1.29, 1.82) is 0 Å². The molecule has 0 spiro atoms. The number of hydrogen-bond donors (Lipinski definition) is 1. The lowest BCUT2D eigenvalue weighted by Gasteiger charge is -2.39. The summed E-state index contributed by atoms with van der Waals surface area (Å²) in [5, 5.41) is 0. The second kappa shape index (κ2) is 6.74. The van der Waals surface area contributed by atoms with Crippen LogP contribution in [0.15, 0.2) is 0 Å². The van der Waals surface area contributed by atoms with Crippen LogP contribution in [0.4, 0.5) is 0 Å². The number of carbonyl (C=O) groups excluding carboxylic acids is 1. The van der Waals surface area contributed by atoms with Gasteiger partial charge in [-0.2, -0.15) is 0 Å². The van der Waals surface area contributed by atoms with Gasteiger partial charge >= 0.3 is 0 Å². The molecule has 1 heterocycles. The third-order valence-corrected chi connectivity index (χ3v) is 4.93. The monoisotopic (exact) mass is 267 g/mol. The van der Waals surface area contributed by atoms with Gasteiger partial charge in [0, 0.05) is 6.42 Å². The summed E-state index contributed by atoms with van der Waals surface area (Å²) in [6.45, 7) is 10.9. The Hall–Kier alpha value is -0.570. The summed E-state index contributed by atoms with van der Waals surface area (Å²) in [6, 6.07) is 0.874. The van der Waals surface area contributed by atoms with Crippen LogP contribution in [0.1, 0.15) is 52.9 Å². The summed E-state index contributed by atoms with van der Waals surface area (Å²) < 4.78 is 0. The predicted molar refractivity (Wildman–Crippen MR) is 78.2 cm³/mol. The Balaban J connectivity index is 1.74. The minimum absolute atomic E-state index is 0.367. The van der Waals surface area contributed by atoms with Gasteiger partial charge in [-0.25, -0.2) is 0 Å². The second-order valence-electron chi connectivity index (χ2n) is 7.09. The molecule has 0 unspecified atom stereocenters. The molecule has 19 heavy (non-hydrogen) atoms. The molecule has 2 aliphatic rings. The molecule has 2 rings (SSSR count). The summed E-state index contributed by atoms with van der Waals surface area (Å²) in [5.74, 6) is 1.79. The molecule has 0 atom stereocenters. The quantitative estimate of drug-likeness (QED) is 0.820. The van der Waals surface area contributed by atoms with Crippen molar-refractivity contribution in [2.45, 2.75) is 58.9 Å². The van der Waals surface area contributed by atoms with E-state index in [-0.39, 0.29) is 0 Å². The Labute approximate surface area is 118 Å². The van der Waals surface area contributed by atoms with Crippen LogP contribution in [0.3, 0.4) is 0 Å². The molecular formula is C16H31N2O+. The number of amides is 1. The van der Waals surface area contributed by atoms with E-state index in [1.54, 1.807) is 4.90 Å². The molecular weight excluding hydrogens is 236 g/mol. The number of quaternary nitrogens is 1. The van der Waals surface area contributed by atoms with Gasteiger partial charge in [-0.05, 0) is 37.5 Å². The molecule has 0 radical (unpaired) electrons. The van der Waals surface area contributed by atoms with E-state index >= 15 is 0 Å². The molecule has 1 N–H and O–H groups in total. The topological polar surface area (TPSA) is 24.8 Å². The van der Waals surface area contributed by atoms with Crippen molar-refractivity contribution in [1.82, 2.24) is 4.90 Å². The fraction of sp³-hybridized carbons (Fsp3) is 0.938. The smallest absolute Gasteiger partial charge is 0.223 e. The third kappa shape index (κ3) is 4.20. The van der Waals surface area contributed by atoms with Gasteiger partial charge in [0.2, 0.25) is 5.91 Å². The molecule has 0 bridgehead atoms. The molecule has 1 aliphatic heterocycles. The molecule has 1 aliphatic carbocycles. The molecule has 0 aromatic heterocycles. The van der Waals surface area contributed by atoms with Crippen LogP contribution in [0.25, 0.3) is 0 Å². The highest BCUT2D eigenvalue weighted by atomic mass is 16.2. The number of carbonyl (C=O) groups is 1. The van der Waals surface area contributed by atoms with Crippen molar-refractivity contribution in [3.63, 3.8) is 0 Å². The highest BCUT2D eigenvalue weighted by Crippen LogP contribution is 2.22. The van der Waals surface area contributed by atoms with E-state index in [9.17, 15) is 4.79 Å². The van der Waals surface area contributed by atoms with Crippen molar-refractivity contribution >= 4 is 5.91 Å². The molecule has 3 heteroatoms. The molecule has 110 valence electrons. The van der Waals surface area contributed by atoms with Crippen molar-refractivity contribution in [2.24, 2.45) is 11.8 Å². The second-order valence-corrected chi connectivity index (χ2v) is 7.09.